The lowest BCUT2D eigenvalue weighted by atomic mass is 9.92. The molecule has 1 aromatic carbocycles. The van der Waals surface area contributed by atoms with Crippen molar-refractivity contribution in [2.45, 2.75) is 18.6 Å². The fraction of sp³-hybridized carbons (Fsp3) is 0.455. The van der Waals surface area contributed by atoms with Gasteiger partial charge in [-0.2, -0.15) is 13.2 Å². The van der Waals surface area contributed by atoms with Gasteiger partial charge in [0.2, 0.25) is 0 Å². The minimum atomic E-state index is -4.36. The minimum Gasteiger partial charge on any atom is -0.394 e. The van der Waals surface area contributed by atoms with Crippen molar-refractivity contribution in [3.05, 3.63) is 35.4 Å². The maximum Gasteiger partial charge on any atom is 0.416 e. The van der Waals surface area contributed by atoms with Crippen LogP contribution in [0.3, 0.4) is 0 Å². The smallest absolute Gasteiger partial charge is 0.394 e. The van der Waals surface area contributed by atoms with Gasteiger partial charge in [-0.3, -0.25) is 0 Å². The average Bonchev–Trinajstić information content (AvgIpc) is 2.27. The Balaban J connectivity index is 3.17. The molecule has 0 fully saturated rings. The van der Waals surface area contributed by atoms with Gasteiger partial charge in [-0.25, -0.2) is 0 Å². The van der Waals surface area contributed by atoms with E-state index in [2.05, 4.69) is 5.32 Å². The Morgan fingerprint density at radius 3 is 2.25 bits per heavy atom. The van der Waals surface area contributed by atoms with E-state index >= 15 is 0 Å². The van der Waals surface area contributed by atoms with Gasteiger partial charge in [0.25, 0.3) is 0 Å². The molecule has 0 amide bonds. The summed E-state index contributed by atoms with van der Waals surface area (Å²) in [5.41, 5.74) is -1.16. The number of nitrogens with one attached hydrogen (secondary N) is 1. The van der Waals surface area contributed by atoms with Crippen LogP contribution in [0.25, 0.3) is 0 Å². The van der Waals surface area contributed by atoms with Crippen molar-refractivity contribution >= 4 is 0 Å². The van der Waals surface area contributed by atoms with Crippen LogP contribution in [0.1, 0.15) is 18.1 Å². The first-order valence-corrected chi connectivity index (χ1v) is 4.81. The van der Waals surface area contributed by atoms with Gasteiger partial charge in [-0.05, 0) is 31.7 Å². The Labute approximate surface area is 92.1 Å². The van der Waals surface area contributed by atoms with E-state index < -0.39 is 17.3 Å². The summed E-state index contributed by atoms with van der Waals surface area (Å²) in [6.45, 7) is 1.37. The first-order valence-electron chi connectivity index (χ1n) is 4.81. The van der Waals surface area contributed by atoms with Crippen molar-refractivity contribution in [1.82, 2.24) is 5.32 Å². The lowest BCUT2D eigenvalue weighted by Gasteiger charge is -2.28. The standard InChI is InChI=1S/C11H14F3NO/c1-10(7-16,15-2)8-4-3-5-9(6-8)11(12,13)14/h3-6,15-16H,7H2,1-2H3. The van der Waals surface area contributed by atoms with Crippen LogP contribution >= 0.6 is 0 Å². The second-order valence-corrected chi connectivity index (χ2v) is 3.82. The molecule has 90 valence electrons. The number of aliphatic hydroxyl groups excluding tert-OH is 1. The molecule has 0 aromatic heterocycles. The second-order valence-electron chi connectivity index (χ2n) is 3.82. The van der Waals surface area contributed by atoms with Crippen molar-refractivity contribution in [3.8, 4) is 0 Å². The molecule has 0 saturated heterocycles. The van der Waals surface area contributed by atoms with Gasteiger partial charge in [0.15, 0.2) is 0 Å². The lowest BCUT2D eigenvalue weighted by Crippen LogP contribution is -2.40. The predicted molar refractivity (Wildman–Crippen MR) is 54.9 cm³/mol. The third-order valence-electron chi connectivity index (χ3n) is 2.70. The number of likely N-dealkylation sites (N-methyl/N-ethyl adjacent to an activating group) is 1. The molecule has 1 rings (SSSR count). The van der Waals surface area contributed by atoms with Crippen LogP contribution in [-0.2, 0) is 11.7 Å². The number of halogens is 3. The zero-order valence-corrected chi connectivity index (χ0v) is 9.10. The summed E-state index contributed by atoms with van der Waals surface area (Å²) >= 11 is 0. The molecule has 1 aromatic rings. The quantitative estimate of drug-likeness (QED) is 0.838. The first kappa shape index (κ1) is 13.0. The number of benzene rings is 1. The van der Waals surface area contributed by atoms with Gasteiger partial charge in [0, 0.05) is 0 Å². The van der Waals surface area contributed by atoms with Crippen LogP contribution in [-0.4, -0.2) is 18.8 Å². The SMILES string of the molecule is CNC(C)(CO)c1cccc(C(F)(F)F)c1. The molecule has 0 aliphatic rings. The minimum absolute atomic E-state index is 0.273. The second kappa shape index (κ2) is 4.43. The largest absolute Gasteiger partial charge is 0.416 e. The van der Waals surface area contributed by atoms with Crippen molar-refractivity contribution < 1.29 is 18.3 Å². The zero-order valence-electron chi connectivity index (χ0n) is 9.10. The Bertz CT molecular complexity index is 358. The third-order valence-corrected chi connectivity index (χ3v) is 2.70. The maximum absolute atomic E-state index is 12.5. The van der Waals surface area contributed by atoms with E-state index in [1.54, 1.807) is 20.0 Å². The molecule has 2 N–H and O–H groups in total. The summed E-state index contributed by atoms with van der Waals surface area (Å²) in [7, 11) is 1.59. The highest BCUT2D eigenvalue weighted by Crippen LogP contribution is 2.31. The normalized spacial score (nSPS) is 15.9. The molecule has 0 aliphatic heterocycles. The molecular weight excluding hydrogens is 219 g/mol. The molecule has 1 unspecified atom stereocenters. The van der Waals surface area contributed by atoms with Crippen LogP contribution in [0, 0.1) is 0 Å². The van der Waals surface area contributed by atoms with Gasteiger partial charge in [0.1, 0.15) is 0 Å². The zero-order chi connectivity index (χ0) is 12.4. The summed E-state index contributed by atoms with van der Waals surface area (Å²) < 4.78 is 37.4. The van der Waals surface area contributed by atoms with E-state index in [-0.39, 0.29) is 6.61 Å². The molecule has 0 bridgehead atoms. The molecule has 0 heterocycles. The molecule has 2 nitrogen and oxygen atoms in total. The van der Waals surface area contributed by atoms with E-state index in [0.717, 1.165) is 12.1 Å². The van der Waals surface area contributed by atoms with Crippen molar-refractivity contribution in [3.63, 3.8) is 0 Å². The van der Waals surface area contributed by atoms with Crippen LogP contribution in [0.15, 0.2) is 24.3 Å². The first-order chi connectivity index (χ1) is 7.33. The maximum atomic E-state index is 12.5. The van der Waals surface area contributed by atoms with Crippen molar-refractivity contribution in [1.29, 1.82) is 0 Å². The van der Waals surface area contributed by atoms with Crippen LogP contribution in [0.5, 0.6) is 0 Å². The molecule has 5 heteroatoms. The summed E-state index contributed by atoms with van der Waals surface area (Å²) in [5, 5.41) is 12.0. The van der Waals surface area contributed by atoms with Crippen LogP contribution in [0.4, 0.5) is 13.2 Å². The van der Waals surface area contributed by atoms with E-state index in [1.807, 2.05) is 0 Å². The number of aliphatic hydroxyl groups is 1. The fourth-order valence-electron chi connectivity index (χ4n) is 1.35. The van der Waals surface area contributed by atoms with Gasteiger partial charge in [0.05, 0.1) is 17.7 Å². The highest BCUT2D eigenvalue weighted by Gasteiger charge is 2.32. The number of rotatable bonds is 3. The molecule has 0 aliphatic carbocycles. The topological polar surface area (TPSA) is 32.3 Å². The fourth-order valence-corrected chi connectivity index (χ4v) is 1.35. The summed E-state index contributed by atoms with van der Waals surface area (Å²) in [4.78, 5) is 0. The molecule has 16 heavy (non-hydrogen) atoms. The third kappa shape index (κ3) is 2.54. The van der Waals surface area contributed by atoms with E-state index in [9.17, 15) is 18.3 Å². The number of hydrogen-bond acceptors (Lipinski definition) is 2. The van der Waals surface area contributed by atoms with E-state index in [4.69, 9.17) is 0 Å². The Morgan fingerprint density at radius 1 is 1.25 bits per heavy atom. The van der Waals surface area contributed by atoms with Crippen LogP contribution in [0.2, 0.25) is 0 Å². The molecule has 0 spiro atoms. The van der Waals surface area contributed by atoms with Gasteiger partial charge in [-0.1, -0.05) is 12.1 Å². The molecule has 0 radical (unpaired) electrons. The van der Waals surface area contributed by atoms with E-state index in [1.165, 1.54) is 6.07 Å². The summed E-state index contributed by atoms with van der Waals surface area (Å²) in [6.07, 6.45) is -4.36. The van der Waals surface area contributed by atoms with Gasteiger partial charge in [-0.15, -0.1) is 0 Å². The van der Waals surface area contributed by atoms with E-state index in [0.29, 0.717) is 5.56 Å². The average molecular weight is 233 g/mol. The molecule has 1 atom stereocenters. The van der Waals surface area contributed by atoms with Crippen molar-refractivity contribution in [2.24, 2.45) is 0 Å². The van der Waals surface area contributed by atoms with Crippen LogP contribution < -0.4 is 5.32 Å². The summed E-state index contributed by atoms with van der Waals surface area (Å²) in [6, 6.07) is 4.95. The predicted octanol–water partition coefficient (Wildman–Crippen LogP) is 2.13. The highest BCUT2D eigenvalue weighted by molar-refractivity contribution is 5.30. The molecule has 0 saturated carbocycles. The monoisotopic (exact) mass is 233 g/mol. The number of alkyl halides is 3. The molecular formula is C11H14F3NO. The Hall–Kier alpha value is -1.07. The number of hydrogen-bond donors (Lipinski definition) is 2. The van der Waals surface area contributed by atoms with Gasteiger partial charge >= 0.3 is 6.18 Å². The van der Waals surface area contributed by atoms with Crippen molar-refractivity contribution in [2.75, 3.05) is 13.7 Å². The van der Waals surface area contributed by atoms with Gasteiger partial charge < -0.3 is 10.4 Å². The summed E-state index contributed by atoms with van der Waals surface area (Å²) in [5.74, 6) is 0. The lowest BCUT2D eigenvalue weighted by molar-refractivity contribution is -0.137. The Kier molecular flexibility index (Phi) is 3.60. The Morgan fingerprint density at radius 2 is 1.81 bits per heavy atom. The highest BCUT2D eigenvalue weighted by atomic mass is 19.4.